The molecule has 1 fully saturated rings. The summed E-state index contributed by atoms with van der Waals surface area (Å²) in [6.45, 7) is 9.59. The topological polar surface area (TPSA) is 71.1 Å². The smallest absolute Gasteiger partial charge is 0.368 e. The van der Waals surface area contributed by atoms with Gasteiger partial charge in [0.15, 0.2) is 5.78 Å². The molecule has 1 heterocycles. The van der Waals surface area contributed by atoms with E-state index in [1.165, 1.54) is 0 Å². The molecule has 4 atom stereocenters. The lowest BCUT2D eigenvalue weighted by atomic mass is 9.87. The van der Waals surface area contributed by atoms with E-state index in [4.69, 9.17) is 18.3 Å². The van der Waals surface area contributed by atoms with Crippen LogP contribution in [0.2, 0.25) is 6.04 Å². The first kappa shape index (κ1) is 35.1. The third kappa shape index (κ3) is 8.85. The highest BCUT2D eigenvalue weighted by molar-refractivity contribution is 6.69. The van der Waals surface area contributed by atoms with Gasteiger partial charge >= 0.3 is 14.5 Å². The van der Waals surface area contributed by atoms with Gasteiger partial charge in [0.2, 0.25) is 0 Å². The molecule has 0 bridgehead atoms. The summed E-state index contributed by atoms with van der Waals surface area (Å²) in [5.74, 6) is 0.317. The number of hydrogen-bond donors (Lipinski definition) is 0. The molecule has 0 aromatic heterocycles. The van der Waals surface area contributed by atoms with Crippen LogP contribution in [0.15, 0.2) is 97.1 Å². The average molecular weight is 617 g/mol. The Hall–Kier alpha value is -3.36. The first-order chi connectivity index (χ1) is 21.2. The Bertz CT molecular complexity index is 1320. The van der Waals surface area contributed by atoms with E-state index in [2.05, 4.69) is 25.6 Å². The first-order valence-electron chi connectivity index (χ1n) is 15.5. The maximum absolute atomic E-state index is 12.3. The summed E-state index contributed by atoms with van der Waals surface area (Å²) in [7, 11) is 2.62. The maximum atomic E-state index is 12.3. The molecule has 0 aliphatic carbocycles. The monoisotopic (exact) mass is 616 g/mol. The van der Waals surface area contributed by atoms with Crippen molar-refractivity contribution < 1.29 is 27.9 Å². The van der Waals surface area contributed by atoms with Crippen LogP contribution in [0.3, 0.4) is 0 Å². The third-order valence-electron chi connectivity index (χ3n) is 8.42. The van der Waals surface area contributed by atoms with Crippen molar-refractivity contribution >= 4 is 20.3 Å². The summed E-state index contributed by atoms with van der Waals surface area (Å²) in [6.07, 6.45) is 3.74. The molecule has 3 aromatic rings. The summed E-state index contributed by atoms with van der Waals surface area (Å²) in [5, 5.41) is 0. The van der Waals surface area contributed by atoms with E-state index < -0.39 is 8.56 Å². The standard InChI is InChI=1S/C19H14O.C18H34O5Si/c20-19(17-9-5-2-6-10-17)18-13-11-16(12-14-18)15-7-3-1-4-8-15;1-8-10-14-11-15(16(9-2)23-17(19)13(3)4)18(20-5)24(12-14,21-6)22-7/h1-14H;14-16,18H,3,8-12H2,1-2,4-7H3. The van der Waals surface area contributed by atoms with Crippen LogP contribution >= 0.6 is 0 Å². The fourth-order valence-corrected chi connectivity index (χ4v) is 9.90. The molecule has 1 aliphatic rings. The van der Waals surface area contributed by atoms with Crippen LogP contribution < -0.4 is 0 Å². The molecule has 6 nitrogen and oxygen atoms in total. The molecule has 0 saturated carbocycles. The number of ketones is 1. The van der Waals surface area contributed by atoms with E-state index in [0.717, 1.165) is 54.0 Å². The molecule has 0 spiro atoms. The van der Waals surface area contributed by atoms with Gasteiger partial charge in [-0.3, -0.25) is 4.79 Å². The minimum absolute atomic E-state index is 0.0604. The van der Waals surface area contributed by atoms with Gasteiger partial charge in [0.25, 0.3) is 0 Å². The Morgan fingerprint density at radius 2 is 1.39 bits per heavy atom. The number of benzene rings is 3. The zero-order chi connectivity index (χ0) is 32.1. The molecule has 236 valence electrons. The highest BCUT2D eigenvalue weighted by Gasteiger charge is 2.56. The zero-order valence-corrected chi connectivity index (χ0v) is 28.1. The number of hydrogen-bond acceptors (Lipinski definition) is 6. The highest BCUT2D eigenvalue weighted by atomic mass is 28.4. The molecular weight excluding hydrogens is 568 g/mol. The van der Waals surface area contributed by atoms with E-state index in [-0.39, 0.29) is 29.5 Å². The predicted molar refractivity (Wildman–Crippen MR) is 179 cm³/mol. The van der Waals surface area contributed by atoms with Crippen LogP contribution in [0.5, 0.6) is 0 Å². The summed E-state index contributed by atoms with van der Waals surface area (Å²) in [6, 6.07) is 28.2. The van der Waals surface area contributed by atoms with Gasteiger partial charge in [-0.1, -0.05) is 118 Å². The number of ether oxygens (including phenoxy) is 2. The summed E-state index contributed by atoms with van der Waals surface area (Å²) in [4.78, 5) is 24.3. The molecule has 4 unspecified atom stereocenters. The van der Waals surface area contributed by atoms with Crippen molar-refractivity contribution in [3.8, 4) is 11.1 Å². The maximum Gasteiger partial charge on any atom is 0.368 e. The van der Waals surface area contributed by atoms with Crippen molar-refractivity contribution in [1.29, 1.82) is 0 Å². The van der Waals surface area contributed by atoms with Crippen LogP contribution in [0.4, 0.5) is 0 Å². The van der Waals surface area contributed by atoms with Gasteiger partial charge < -0.3 is 18.3 Å². The molecular formula is C37H48O6Si. The summed E-state index contributed by atoms with van der Waals surface area (Å²) < 4.78 is 23.4. The van der Waals surface area contributed by atoms with Gasteiger partial charge in [-0.2, -0.15) is 0 Å². The van der Waals surface area contributed by atoms with Crippen LogP contribution in [0.25, 0.3) is 11.1 Å². The molecule has 1 aliphatic heterocycles. The number of rotatable bonds is 12. The minimum atomic E-state index is -2.52. The number of carbonyl (C=O) groups excluding carboxylic acids is 2. The lowest BCUT2D eigenvalue weighted by molar-refractivity contribution is -0.151. The molecule has 4 rings (SSSR count). The van der Waals surface area contributed by atoms with Crippen LogP contribution in [0.1, 0.15) is 62.4 Å². The quantitative estimate of drug-likeness (QED) is 0.0884. The van der Waals surface area contributed by atoms with E-state index in [0.29, 0.717) is 11.5 Å². The highest BCUT2D eigenvalue weighted by Crippen LogP contribution is 2.43. The van der Waals surface area contributed by atoms with Gasteiger partial charge in [-0.25, -0.2) is 4.79 Å². The fraction of sp³-hybridized carbons (Fsp3) is 0.405. The second kappa shape index (κ2) is 17.2. The average Bonchev–Trinajstić information content (AvgIpc) is 3.07. The Labute approximate surface area is 264 Å². The lowest BCUT2D eigenvalue weighted by Crippen LogP contribution is -2.62. The van der Waals surface area contributed by atoms with E-state index in [1.807, 2.05) is 79.7 Å². The van der Waals surface area contributed by atoms with Crippen molar-refractivity contribution in [3.63, 3.8) is 0 Å². The molecule has 0 amide bonds. The van der Waals surface area contributed by atoms with Crippen LogP contribution in [-0.4, -0.2) is 53.5 Å². The Kier molecular flexibility index (Phi) is 13.7. The van der Waals surface area contributed by atoms with Gasteiger partial charge in [0, 0.05) is 43.9 Å². The van der Waals surface area contributed by atoms with Gasteiger partial charge in [-0.05, 0) is 42.9 Å². The molecule has 7 heteroatoms. The number of carbonyl (C=O) groups is 2. The van der Waals surface area contributed by atoms with E-state index in [1.54, 1.807) is 28.3 Å². The van der Waals surface area contributed by atoms with E-state index in [9.17, 15) is 9.59 Å². The van der Waals surface area contributed by atoms with Crippen molar-refractivity contribution in [2.24, 2.45) is 11.8 Å². The SMILES string of the molecule is C=C(C)C(=O)OC(CC)C1CC(CCC)C[Si](OC)(OC)C1OC.O=C(c1ccccc1)c1ccc(-c2ccccc2)cc1. The largest absolute Gasteiger partial charge is 0.459 e. The number of methoxy groups -OCH3 is 1. The van der Waals surface area contributed by atoms with Crippen LogP contribution in [0, 0.1) is 11.8 Å². The van der Waals surface area contributed by atoms with E-state index >= 15 is 0 Å². The minimum Gasteiger partial charge on any atom is -0.459 e. The summed E-state index contributed by atoms with van der Waals surface area (Å²) in [5.41, 5.74) is 3.99. The van der Waals surface area contributed by atoms with Crippen molar-refractivity contribution in [1.82, 2.24) is 0 Å². The lowest BCUT2D eigenvalue weighted by Gasteiger charge is -2.47. The Morgan fingerprint density at radius 1 is 0.841 bits per heavy atom. The molecule has 0 N–H and O–H groups in total. The van der Waals surface area contributed by atoms with Gasteiger partial charge in [0.1, 0.15) is 11.8 Å². The Balaban J connectivity index is 0.000000243. The first-order valence-corrected chi connectivity index (χ1v) is 17.6. The van der Waals surface area contributed by atoms with Gasteiger partial charge in [-0.15, -0.1) is 0 Å². The molecule has 0 radical (unpaired) electrons. The molecule has 3 aromatic carbocycles. The third-order valence-corrected chi connectivity index (χ3v) is 12.5. The fourth-order valence-electron chi connectivity index (χ4n) is 6.16. The van der Waals surface area contributed by atoms with Crippen molar-refractivity contribution in [3.05, 3.63) is 108 Å². The zero-order valence-electron chi connectivity index (χ0n) is 27.1. The molecule has 44 heavy (non-hydrogen) atoms. The van der Waals surface area contributed by atoms with Crippen molar-refractivity contribution in [2.75, 3.05) is 21.3 Å². The second-order valence-electron chi connectivity index (χ2n) is 11.4. The molecule has 1 saturated heterocycles. The normalized spacial score (nSPS) is 19.6. The second-order valence-corrected chi connectivity index (χ2v) is 14.8. The van der Waals surface area contributed by atoms with Gasteiger partial charge in [0.05, 0.1) is 0 Å². The predicted octanol–water partition coefficient (Wildman–Crippen LogP) is 8.19. The Morgan fingerprint density at radius 3 is 1.89 bits per heavy atom. The van der Waals surface area contributed by atoms with Crippen LogP contribution in [-0.2, 0) is 23.1 Å². The summed E-state index contributed by atoms with van der Waals surface area (Å²) >= 11 is 0. The number of esters is 1. The van der Waals surface area contributed by atoms with Crippen molar-refractivity contribution in [2.45, 2.75) is 64.3 Å².